The molecule has 0 radical (unpaired) electrons. The summed E-state index contributed by atoms with van der Waals surface area (Å²) in [5.41, 5.74) is 11.5. The summed E-state index contributed by atoms with van der Waals surface area (Å²) in [7, 11) is -9.07. The van der Waals surface area contributed by atoms with Crippen LogP contribution in [0.5, 0.6) is 0 Å². The van der Waals surface area contributed by atoms with Gasteiger partial charge in [-0.2, -0.15) is 21.4 Å². The molecule has 55 heavy (non-hydrogen) atoms. The molecule has 0 atom stereocenters. The van der Waals surface area contributed by atoms with Crippen LogP contribution in [0.25, 0.3) is 5.57 Å². The Labute approximate surface area is 327 Å². The summed E-state index contributed by atoms with van der Waals surface area (Å²) in [4.78, 5) is 1.77. The zero-order valence-electron chi connectivity index (χ0n) is 33.5. The van der Waals surface area contributed by atoms with E-state index in [0.29, 0.717) is 40.4 Å². The second-order valence-electron chi connectivity index (χ2n) is 15.5. The van der Waals surface area contributed by atoms with Crippen molar-refractivity contribution in [2.24, 2.45) is 11.8 Å². The van der Waals surface area contributed by atoms with Crippen LogP contribution in [0, 0.1) is 53.4 Å². The summed E-state index contributed by atoms with van der Waals surface area (Å²) in [5.74, 6) is 0.573. The van der Waals surface area contributed by atoms with Gasteiger partial charge < -0.3 is 4.90 Å². The summed E-state index contributed by atoms with van der Waals surface area (Å²) in [6.45, 7) is 21.6. The molecule has 0 spiro atoms. The molecule has 0 amide bonds. The van der Waals surface area contributed by atoms with E-state index in [-0.39, 0.29) is 15.7 Å². The molecule has 0 saturated carbocycles. The summed E-state index contributed by atoms with van der Waals surface area (Å²) >= 11 is 0. The minimum Gasteiger partial charge on any atom is -0.341 e. The fourth-order valence-corrected chi connectivity index (χ4v) is 9.59. The van der Waals surface area contributed by atoms with E-state index in [0.717, 1.165) is 40.3 Å². The van der Waals surface area contributed by atoms with Gasteiger partial charge in [0.05, 0.1) is 0 Å². The van der Waals surface area contributed by atoms with Crippen LogP contribution >= 0.6 is 0 Å². The lowest BCUT2D eigenvalue weighted by Crippen LogP contribution is -2.25. The Balaban J connectivity index is 1.72. The Morgan fingerprint density at radius 2 is 1.27 bits per heavy atom. The highest BCUT2D eigenvalue weighted by molar-refractivity contribution is 7.86. The van der Waals surface area contributed by atoms with Gasteiger partial charge in [-0.3, -0.25) is 9.11 Å². The lowest BCUT2D eigenvalue weighted by atomic mass is 9.90. The van der Waals surface area contributed by atoms with E-state index < -0.39 is 20.2 Å². The number of rotatable bonds is 11. The van der Waals surface area contributed by atoms with Crippen LogP contribution in [0.3, 0.4) is 0 Å². The summed E-state index contributed by atoms with van der Waals surface area (Å²) < 4.78 is 73.4. The van der Waals surface area contributed by atoms with Crippen molar-refractivity contribution < 1.29 is 30.5 Å². The van der Waals surface area contributed by atoms with Crippen molar-refractivity contribution >= 4 is 48.6 Å². The molecule has 1 aliphatic carbocycles. The SMILES string of the molecule is Cc1cc(C)c([N+](CC(C)C)=C2C=CC(=C(c3ccc(N(CC(C)C)c4c(C)cc(C)c(S(=O)(=O)O)c4C)cc3)c3ccccc3S(=O)(=O)O)C=C2)c(C)c1. The second kappa shape index (κ2) is 16.2. The molecule has 8 nitrogen and oxygen atoms in total. The lowest BCUT2D eigenvalue weighted by molar-refractivity contribution is -0.447. The summed E-state index contributed by atoms with van der Waals surface area (Å²) in [6.07, 6.45) is 8.10. The fourth-order valence-electron chi connectivity index (χ4n) is 7.94. The molecule has 10 heteroatoms. The zero-order valence-corrected chi connectivity index (χ0v) is 35.1. The third-order valence-electron chi connectivity index (χ3n) is 9.76. The smallest absolute Gasteiger partial charge is 0.295 e. The lowest BCUT2D eigenvalue weighted by Gasteiger charge is -2.31. The predicted octanol–water partition coefficient (Wildman–Crippen LogP) is 10.2. The van der Waals surface area contributed by atoms with E-state index in [1.807, 2.05) is 43.3 Å². The average molecular weight is 782 g/mol. The number of benzene rings is 4. The van der Waals surface area contributed by atoms with Crippen LogP contribution in [0.4, 0.5) is 17.1 Å². The molecule has 1 aliphatic rings. The van der Waals surface area contributed by atoms with Gasteiger partial charge >= 0.3 is 0 Å². The number of nitrogens with zero attached hydrogens (tertiary/aromatic N) is 2. The highest BCUT2D eigenvalue weighted by Crippen LogP contribution is 2.40. The molecule has 0 unspecified atom stereocenters. The Hall–Kier alpha value is -4.61. The van der Waals surface area contributed by atoms with E-state index >= 15 is 0 Å². The van der Waals surface area contributed by atoms with E-state index in [9.17, 15) is 25.9 Å². The van der Waals surface area contributed by atoms with Crippen molar-refractivity contribution in [3.8, 4) is 0 Å². The van der Waals surface area contributed by atoms with Gasteiger partial charge in [0.25, 0.3) is 20.2 Å². The Kier molecular flexibility index (Phi) is 12.3. The highest BCUT2D eigenvalue weighted by Gasteiger charge is 2.27. The van der Waals surface area contributed by atoms with Crippen molar-refractivity contribution in [1.29, 1.82) is 0 Å². The largest absolute Gasteiger partial charge is 0.341 e. The summed E-state index contributed by atoms with van der Waals surface area (Å²) in [5, 5.41) is 0. The molecule has 0 saturated heterocycles. The Morgan fingerprint density at radius 1 is 0.691 bits per heavy atom. The van der Waals surface area contributed by atoms with Crippen molar-refractivity contribution in [3.05, 3.63) is 141 Å². The second-order valence-corrected chi connectivity index (χ2v) is 18.2. The first kappa shape index (κ1) is 41.6. The third-order valence-corrected chi connectivity index (χ3v) is 11.8. The topological polar surface area (TPSA) is 115 Å². The molecule has 290 valence electrons. The van der Waals surface area contributed by atoms with E-state index in [1.165, 1.54) is 22.8 Å². The molecule has 4 aromatic rings. The van der Waals surface area contributed by atoms with Gasteiger partial charge in [0, 0.05) is 52.7 Å². The monoisotopic (exact) mass is 781 g/mol. The normalized spacial score (nSPS) is 13.3. The van der Waals surface area contributed by atoms with Crippen LogP contribution < -0.4 is 4.90 Å². The van der Waals surface area contributed by atoms with Gasteiger partial charge in [-0.25, -0.2) is 0 Å². The van der Waals surface area contributed by atoms with Gasteiger partial charge in [-0.1, -0.05) is 69.7 Å². The van der Waals surface area contributed by atoms with Crippen LogP contribution in [0.2, 0.25) is 0 Å². The number of allylic oxidation sites excluding steroid dienone is 5. The van der Waals surface area contributed by atoms with Crippen LogP contribution in [0.15, 0.2) is 106 Å². The van der Waals surface area contributed by atoms with Crippen molar-refractivity contribution in [3.63, 3.8) is 0 Å². The van der Waals surface area contributed by atoms with Gasteiger partial charge in [-0.15, -0.1) is 0 Å². The molecule has 5 rings (SSSR count). The van der Waals surface area contributed by atoms with Crippen LogP contribution in [0.1, 0.15) is 72.2 Å². The Morgan fingerprint density at radius 3 is 1.80 bits per heavy atom. The van der Waals surface area contributed by atoms with Gasteiger partial charge in [0.15, 0.2) is 6.54 Å². The van der Waals surface area contributed by atoms with Crippen molar-refractivity contribution in [1.82, 2.24) is 0 Å². The summed E-state index contributed by atoms with van der Waals surface area (Å²) in [6, 6.07) is 20.3. The molecule has 0 aliphatic heterocycles. The van der Waals surface area contributed by atoms with Crippen LogP contribution in [-0.4, -0.2) is 49.3 Å². The van der Waals surface area contributed by atoms with Gasteiger partial charge in [0.2, 0.25) is 11.4 Å². The Bertz CT molecular complexity index is 2450. The third kappa shape index (κ3) is 9.10. The van der Waals surface area contributed by atoms with Crippen LogP contribution in [-0.2, 0) is 20.2 Å². The van der Waals surface area contributed by atoms with Gasteiger partial charge in [-0.05, 0) is 123 Å². The first-order chi connectivity index (χ1) is 25.7. The quantitative estimate of drug-likeness (QED) is 0.115. The van der Waals surface area contributed by atoms with E-state index in [2.05, 4.69) is 82.2 Å². The van der Waals surface area contributed by atoms with E-state index in [1.54, 1.807) is 38.1 Å². The first-order valence-electron chi connectivity index (χ1n) is 18.5. The number of anilines is 2. The first-order valence-corrected chi connectivity index (χ1v) is 21.4. The number of hydrogen-bond acceptors (Lipinski definition) is 5. The molecule has 4 aromatic carbocycles. The molecule has 0 bridgehead atoms. The maximum absolute atomic E-state index is 12.8. The minimum atomic E-state index is -4.59. The molecular formula is C45H53N2O6S2+. The standard InChI is InChI=1S/C45H52N2O6S2/c1-28(2)26-46(43-31(6)23-30(5)24-32(43)7)38-19-15-36(16-20-38)42(40-13-11-12-14-41(40)54(48,49)50)37-17-21-39(22-18-37)47(27-29(3)4)44-33(8)25-34(9)45(35(44)10)55(51,52)53/h11-25,28-29H,26-27H2,1-10H3,(H-,48,49,50,51,52,53)/p+1. The van der Waals surface area contributed by atoms with Crippen molar-refractivity contribution in [2.75, 3.05) is 18.0 Å². The van der Waals surface area contributed by atoms with Crippen molar-refractivity contribution in [2.45, 2.75) is 79.0 Å². The highest BCUT2D eigenvalue weighted by atomic mass is 32.2. The molecule has 0 aromatic heterocycles. The molecule has 0 fully saturated rings. The zero-order chi connectivity index (χ0) is 40.6. The molecule has 0 heterocycles. The predicted molar refractivity (Wildman–Crippen MR) is 225 cm³/mol. The molecular weight excluding hydrogens is 729 g/mol. The fraction of sp³-hybridized carbons (Fsp3) is 0.311. The number of hydrogen-bond donors (Lipinski definition) is 2. The number of aryl methyl sites for hydroxylation is 5. The maximum atomic E-state index is 12.8. The average Bonchev–Trinajstić information content (AvgIpc) is 3.06. The minimum absolute atomic E-state index is 0.0981. The molecule has 2 N–H and O–H groups in total. The van der Waals surface area contributed by atoms with Gasteiger partial charge in [0.1, 0.15) is 9.79 Å². The van der Waals surface area contributed by atoms with E-state index in [4.69, 9.17) is 0 Å². The maximum Gasteiger partial charge on any atom is 0.295 e.